The van der Waals surface area contributed by atoms with Gasteiger partial charge in [0.1, 0.15) is 28.9 Å². The first-order valence-corrected chi connectivity index (χ1v) is 20.8. The number of hydrogen-bond donors (Lipinski definition) is 1. The highest BCUT2D eigenvalue weighted by Crippen LogP contribution is 2.43. The van der Waals surface area contributed by atoms with Gasteiger partial charge in [0.15, 0.2) is 23.0 Å². The molecule has 0 aliphatic carbocycles. The molecule has 0 amide bonds. The van der Waals surface area contributed by atoms with Crippen LogP contribution in [0.4, 0.5) is 13.2 Å². The molecule has 9 rings (SSSR count). The molecule has 2 aliphatic heterocycles. The molecule has 6 heterocycles. The third-order valence-corrected chi connectivity index (χ3v) is 12.3. The van der Waals surface area contributed by atoms with Crippen LogP contribution < -0.4 is 57.6 Å². The van der Waals surface area contributed by atoms with Crippen molar-refractivity contribution in [3.05, 3.63) is 134 Å². The second kappa shape index (κ2) is 16.6. The van der Waals surface area contributed by atoms with Crippen molar-refractivity contribution < 1.29 is 42.0 Å². The topological polar surface area (TPSA) is 234 Å². The second-order valence-corrected chi connectivity index (χ2v) is 15.9. The van der Waals surface area contributed by atoms with Gasteiger partial charge >= 0.3 is 29.1 Å². The van der Waals surface area contributed by atoms with Crippen LogP contribution >= 0.6 is 0 Å². The number of rotatable bonds is 12. The van der Waals surface area contributed by atoms with E-state index >= 15 is 0 Å². The van der Waals surface area contributed by atoms with Gasteiger partial charge in [-0.05, 0) is 23.8 Å². The number of hydrogen-bond acceptors (Lipinski definition) is 14. The molecule has 0 saturated carbocycles. The van der Waals surface area contributed by atoms with E-state index in [4.69, 9.17) is 18.9 Å². The predicted octanol–water partition coefficient (Wildman–Crippen LogP) is 1.34. The van der Waals surface area contributed by atoms with Crippen LogP contribution in [0.1, 0.15) is 29.0 Å². The number of alkyl halides is 3. The molecule has 0 unspecified atom stereocenters. The van der Waals surface area contributed by atoms with E-state index < -0.39 is 76.9 Å². The predicted molar refractivity (Wildman–Crippen MR) is 234 cm³/mol. The van der Waals surface area contributed by atoms with Crippen LogP contribution in [0.5, 0.6) is 34.5 Å². The van der Waals surface area contributed by atoms with Crippen molar-refractivity contribution >= 4 is 22.1 Å². The second-order valence-electron chi connectivity index (χ2n) is 15.9. The molecule has 22 nitrogen and oxygen atoms in total. The van der Waals surface area contributed by atoms with Crippen molar-refractivity contribution in [2.75, 3.05) is 28.4 Å². The van der Waals surface area contributed by atoms with Crippen molar-refractivity contribution in [3.63, 3.8) is 0 Å². The number of halogens is 3. The first kappa shape index (κ1) is 44.9. The molecule has 7 aromatic rings. The van der Waals surface area contributed by atoms with E-state index in [1.165, 1.54) is 57.7 Å². The molecule has 0 bridgehead atoms. The Morgan fingerprint density at radius 1 is 0.662 bits per heavy atom. The van der Waals surface area contributed by atoms with Crippen molar-refractivity contribution in [3.8, 4) is 34.5 Å². The lowest BCUT2D eigenvalue weighted by Gasteiger charge is -2.37. The van der Waals surface area contributed by atoms with E-state index in [1.54, 1.807) is 24.3 Å². The zero-order valence-electron chi connectivity index (χ0n) is 37.1. The molecule has 2 aliphatic rings. The van der Waals surface area contributed by atoms with Gasteiger partial charge < -0.3 is 37.9 Å². The summed E-state index contributed by atoms with van der Waals surface area (Å²) in [4.78, 5) is 93.5. The average Bonchev–Trinajstić information content (AvgIpc) is 3.71. The third-order valence-electron chi connectivity index (χ3n) is 12.3. The van der Waals surface area contributed by atoms with Gasteiger partial charge in [0.25, 0.3) is 11.1 Å². The van der Waals surface area contributed by atoms with Crippen molar-refractivity contribution in [1.82, 2.24) is 47.0 Å². The highest BCUT2D eigenvalue weighted by atomic mass is 19.4. The van der Waals surface area contributed by atoms with Crippen molar-refractivity contribution in [2.24, 2.45) is 14.1 Å². The fourth-order valence-corrected chi connectivity index (χ4v) is 9.04. The van der Waals surface area contributed by atoms with Crippen LogP contribution in [0.15, 0.2) is 82.9 Å². The van der Waals surface area contributed by atoms with Crippen molar-refractivity contribution in [2.45, 2.75) is 57.5 Å². The molecule has 4 aromatic heterocycles. The lowest BCUT2D eigenvalue weighted by Crippen LogP contribution is -2.47. The number of benzene rings is 3. The number of fused-ring (bicyclic) bond motifs is 6. The normalized spacial score (nSPS) is 15.5. The maximum absolute atomic E-state index is 14.5. The summed E-state index contributed by atoms with van der Waals surface area (Å²) in [6, 6.07) is 6.18. The molecule has 0 spiro atoms. The average molecular weight is 947 g/mol. The Labute approximate surface area is 378 Å². The molecule has 3 aromatic carbocycles. The van der Waals surface area contributed by atoms with E-state index in [0.29, 0.717) is 45.1 Å². The van der Waals surface area contributed by atoms with Crippen LogP contribution in [-0.2, 0) is 53.1 Å². The van der Waals surface area contributed by atoms with Gasteiger partial charge in [0.2, 0.25) is 0 Å². The summed E-state index contributed by atoms with van der Waals surface area (Å²) in [6.07, 6.45) is -4.09. The largest absolute Gasteiger partial charge is 0.573 e. The Morgan fingerprint density at radius 2 is 1.15 bits per heavy atom. The molecule has 0 radical (unpaired) electrons. The van der Waals surface area contributed by atoms with Crippen molar-refractivity contribution in [1.29, 1.82) is 0 Å². The standard InChI is InChI=1S/C43H41F3N10O12/c1-49-28-18-34(66-5)32(64-3)16-26(28)47-24(37(49)58)10-12-51-39(60)53-14-9-22-30(55(53)41(51)62)20-54-40(61)52(42(63)56(54)36(22)23-15-21(7-8-31(23)57)68-43(44,45)46)13-11-25-38(59)50(2)29-19-35(67-6)33(65-4)17-27(29)48-25/h7-9,15-19,30,36,57H,10-14,20H2,1-6H3/t30-,36-/m1/s1. The molecular formula is C43H41F3N10O12. The number of allylic oxidation sites excluding steroid dienone is 2. The number of methoxy groups -OCH3 is 4. The van der Waals surface area contributed by atoms with Crippen LogP contribution in [0.2, 0.25) is 0 Å². The summed E-state index contributed by atoms with van der Waals surface area (Å²) >= 11 is 0. The summed E-state index contributed by atoms with van der Waals surface area (Å²) in [5.41, 5.74) is -3.20. The minimum absolute atomic E-state index is 0.0225. The molecule has 68 heavy (non-hydrogen) atoms. The Bertz CT molecular complexity index is 3650. The Kier molecular flexibility index (Phi) is 10.9. The number of aromatic nitrogens is 10. The van der Waals surface area contributed by atoms with Crippen LogP contribution in [0.25, 0.3) is 22.1 Å². The quantitative estimate of drug-likeness (QED) is 0.170. The van der Waals surface area contributed by atoms with Gasteiger partial charge in [-0.25, -0.2) is 57.0 Å². The van der Waals surface area contributed by atoms with E-state index in [9.17, 15) is 47.0 Å². The molecule has 25 heteroatoms. The molecule has 0 fully saturated rings. The van der Waals surface area contributed by atoms with E-state index in [0.717, 1.165) is 46.1 Å². The maximum atomic E-state index is 14.5. The fourth-order valence-electron chi connectivity index (χ4n) is 9.04. The zero-order chi connectivity index (χ0) is 48.7. The SMILES string of the molecule is COc1cc2nc(CCn3c(=O)n4n(c3=O)[C@@H]3Cn5c(=O)n(CCc6nc7cc(OC)c(OC)cc7n(C)c6=O)c(=O)n5[C@@H](c5cc(OC(F)(F)F)ccc5O)C3=CC4)c(=O)n(C)c2cc1OC. The van der Waals surface area contributed by atoms with E-state index in [1.807, 2.05) is 0 Å². The summed E-state index contributed by atoms with van der Waals surface area (Å²) < 4.78 is 74.7. The smallest absolute Gasteiger partial charge is 0.508 e. The van der Waals surface area contributed by atoms with E-state index in [-0.39, 0.29) is 48.5 Å². The number of phenols is 1. The van der Waals surface area contributed by atoms with Gasteiger partial charge in [0, 0.05) is 69.9 Å². The lowest BCUT2D eigenvalue weighted by atomic mass is 9.89. The Balaban J connectivity index is 1.12. The first-order chi connectivity index (χ1) is 32.4. The Hall–Kier alpha value is -8.25. The summed E-state index contributed by atoms with van der Waals surface area (Å²) in [6.45, 7) is -1.46. The monoisotopic (exact) mass is 946 g/mol. The van der Waals surface area contributed by atoms with Crippen LogP contribution in [0.3, 0.4) is 0 Å². The van der Waals surface area contributed by atoms with E-state index in [2.05, 4.69) is 14.7 Å². The number of aromatic hydroxyl groups is 1. The number of phenolic OH excluding ortho intramolecular Hbond substituents is 1. The highest BCUT2D eigenvalue weighted by molar-refractivity contribution is 5.80. The fraction of sp³-hybridized carbons (Fsp3) is 0.349. The minimum Gasteiger partial charge on any atom is -0.508 e. The van der Waals surface area contributed by atoms with Gasteiger partial charge in [-0.2, -0.15) is 0 Å². The summed E-state index contributed by atoms with van der Waals surface area (Å²) in [7, 11) is 8.78. The molecule has 2 atom stereocenters. The third kappa shape index (κ3) is 7.20. The summed E-state index contributed by atoms with van der Waals surface area (Å²) in [5.74, 6) is 0.0447. The molecule has 356 valence electrons. The van der Waals surface area contributed by atoms with Crippen LogP contribution in [0, 0.1) is 0 Å². The molecule has 0 saturated heterocycles. The summed E-state index contributed by atoms with van der Waals surface area (Å²) in [5, 5.41) is 11.3. The highest BCUT2D eigenvalue weighted by Gasteiger charge is 2.43. The van der Waals surface area contributed by atoms with Gasteiger partial charge in [-0.1, -0.05) is 6.08 Å². The lowest BCUT2D eigenvalue weighted by molar-refractivity contribution is -0.274. The minimum atomic E-state index is -5.15. The Morgan fingerprint density at radius 3 is 1.65 bits per heavy atom. The number of nitrogens with zero attached hydrogens (tertiary/aromatic N) is 10. The van der Waals surface area contributed by atoms with Gasteiger partial charge in [-0.15, -0.1) is 13.2 Å². The van der Waals surface area contributed by atoms with Crippen LogP contribution in [-0.4, -0.2) is 86.9 Å². The maximum Gasteiger partial charge on any atom is 0.573 e. The molecular weight excluding hydrogens is 906 g/mol. The molecule has 1 N–H and O–H groups in total. The van der Waals surface area contributed by atoms with Gasteiger partial charge in [0.05, 0.1) is 69.6 Å². The number of aryl methyl sites for hydroxylation is 4. The first-order valence-electron chi connectivity index (χ1n) is 20.8. The number of ether oxygens (including phenoxy) is 5. The zero-order valence-corrected chi connectivity index (χ0v) is 37.1. The van der Waals surface area contributed by atoms with Gasteiger partial charge in [-0.3, -0.25) is 9.59 Å².